The third-order valence-corrected chi connectivity index (χ3v) is 4.60. The van der Waals surface area contributed by atoms with Crippen molar-refractivity contribution in [2.75, 3.05) is 5.32 Å². The molecule has 1 amide bonds. The quantitative estimate of drug-likeness (QED) is 0.389. The van der Waals surface area contributed by atoms with Gasteiger partial charge in [0.25, 0.3) is 5.91 Å². The second kappa shape index (κ2) is 8.05. The predicted octanol–water partition coefficient (Wildman–Crippen LogP) is 3.91. The zero-order chi connectivity index (χ0) is 21.1. The van der Waals surface area contributed by atoms with Crippen molar-refractivity contribution in [3.8, 4) is 0 Å². The summed E-state index contributed by atoms with van der Waals surface area (Å²) >= 11 is 0. The van der Waals surface area contributed by atoms with Crippen LogP contribution in [0.4, 0.5) is 11.4 Å². The highest BCUT2D eigenvalue weighted by Gasteiger charge is 2.21. The van der Waals surface area contributed by atoms with Crippen LogP contribution in [0, 0.1) is 24.0 Å². The van der Waals surface area contributed by atoms with Gasteiger partial charge in [-0.15, -0.1) is 0 Å². The lowest BCUT2D eigenvalue weighted by Crippen LogP contribution is -2.12. The van der Waals surface area contributed by atoms with Gasteiger partial charge in [0.1, 0.15) is 11.4 Å². The van der Waals surface area contributed by atoms with Crippen molar-refractivity contribution in [3.05, 3.63) is 86.7 Å². The van der Waals surface area contributed by atoms with E-state index in [4.69, 9.17) is 0 Å². The lowest BCUT2D eigenvalue weighted by atomic mass is 10.1. The highest BCUT2D eigenvalue weighted by molar-refractivity contribution is 6.05. The van der Waals surface area contributed by atoms with Gasteiger partial charge in [0.15, 0.2) is 5.78 Å². The molecule has 1 N–H and O–H groups in total. The number of nitrogens with one attached hydrogen (secondary N) is 1. The van der Waals surface area contributed by atoms with Crippen molar-refractivity contribution >= 4 is 23.1 Å². The highest BCUT2D eigenvalue weighted by atomic mass is 16.6. The Kier molecular flexibility index (Phi) is 5.54. The number of nitrogens with zero attached hydrogens (tertiary/aromatic N) is 3. The molecule has 1 heterocycles. The molecular formula is C21H20N4O4. The number of nitro groups is 1. The van der Waals surface area contributed by atoms with Gasteiger partial charge in [0.2, 0.25) is 0 Å². The number of rotatable bonds is 6. The number of aromatic nitrogens is 2. The first-order chi connectivity index (χ1) is 13.8. The molecule has 148 valence electrons. The largest absolute Gasteiger partial charge is 0.322 e. The summed E-state index contributed by atoms with van der Waals surface area (Å²) in [6.45, 7) is 5.10. The second-order valence-corrected chi connectivity index (χ2v) is 6.72. The summed E-state index contributed by atoms with van der Waals surface area (Å²) in [5.74, 6) is -0.367. The fourth-order valence-corrected chi connectivity index (χ4v) is 3.06. The first kappa shape index (κ1) is 19.9. The van der Waals surface area contributed by atoms with E-state index < -0.39 is 4.92 Å². The topological polar surface area (TPSA) is 107 Å². The molecule has 0 radical (unpaired) electrons. The van der Waals surface area contributed by atoms with E-state index in [9.17, 15) is 19.7 Å². The van der Waals surface area contributed by atoms with Gasteiger partial charge in [0.05, 0.1) is 11.5 Å². The maximum atomic E-state index is 12.5. The van der Waals surface area contributed by atoms with Gasteiger partial charge in [0, 0.05) is 16.8 Å². The maximum absolute atomic E-state index is 12.5. The van der Waals surface area contributed by atoms with Crippen LogP contribution >= 0.6 is 0 Å². The minimum Gasteiger partial charge on any atom is -0.322 e. The smallest absolute Gasteiger partial charge is 0.312 e. The zero-order valence-electron chi connectivity index (χ0n) is 16.3. The number of amides is 1. The Morgan fingerprint density at radius 2 is 1.79 bits per heavy atom. The van der Waals surface area contributed by atoms with E-state index in [2.05, 4.69) is 10.4 Å². The molecule has 1 aromatic heterocycles. The van der Waals surface area contributed by atoms with E-state index in [-0.39, 0.29) is 17.4 Å². The fourth-order valence-electron chi connectivity index (χ4n) is 3.06. The number of anilines is 1. The maximum Gasteiger partial charge on any atom is 0.312 e. The van der Waals surface area contributed by atoms with Gasteiger partial charge < -0.3 is 5.32 Å². The Morgan fingerprint density at radius 1 is 1.10 bits per heavy atom. The highest BCUT2D eigenvalue weighted by Crippen LogP contribution is 2.22. The molecule has 0 saturated carbocycles. The Bertz CT molecular complexity index is 1100. The summed E-state index contributed by atoms with van der Waals surface area (Å²) in [4.78, 5) is 34.6. The van der Waals surface area contributed by atoms with E-state index in [0.29, 0.717) is 34.7 Å². The Balaban J connectivity index is 1.73. The number of Topliss-reactive ketones (excluding diaryl/α,β-unsaturated/α-hetero) is 1. The van der Waals surface area contributed by atoms with Gasteiger partial charge >= 0.3 is 5.69 Å². The van der Waals surface area contributed by atoms with Crippen LogP contribution in [-0.4, -0.2) is 26.4 Å². The van der Waals surface area contributed by atoms with Crippen LogP contribution in [0.2, 0.25) is 0 Å². The van der Waals surface area contributed by atoms with Gasteiger partial charge in [-0.2, -0.15) is 5.10 Å². The van der Waals surface area contributed by atoms with Crippen LogP contribution in [0.3, 0.4) is 0 Å². The molecule has 2 aromatic carbocycles. The molecule has 0 bridgehead atoms. The molecular weight excluding hydrogens is 372 g/mol. The monoisotopic (exact) mass is 392 g/mol. The van der Waals surface area contributed by atoms with Crippen LogP contribution in [0.15, 0.2) is 48.5 Å². The van der Waals surface area contributed by atoms with Crippen LogP contribution in [0.25, 0.3) is 0 Å². The molecule has 3 rings (SSSR count). The van der Waals surface area contributed by atoms with Crippen molar-refractivity contribution in [2.24, 2.45) is 0 Å². The number of hydrogen-bond acceptors (Lipinski definition) is 5. The third kappa shape index (κ3) is 4.37. The zero-order valence-corrected chi connectivity index (χ0v) is 16.3. The van der Waals surface area contributed by atoms with Gasteiger partial charge in [-0.05, 0) is 50.6 Å². The van der Waals surface area contributed by atoms with E-state index >= 15 is 0 Å². The van der Waals surface area contributed by atoms with Gasteiger partial charge in [-0.1, -0.05) is 24.3 Å². The second-order valence-electron chi connectivity index (χ2n) is 6.72. The number of carbonyl (C=O) groups excluding carboxylic acids is 2. The SMILES string of the molecule is CC(=O)c1cccc(NC(=O)c2ccc(Cn3nc(C)c([N+](=O)[O-])c3C)cc2)c1. The number of aryl methyl sites for hydroxylation is 1. The molecule has 29 heavy (non-hydrogen) atoms. The molecule has 0 unspecified atom stereocenters. The lowest BCUT2D eigenvalue weighted by molar-refractivity contribution is -0.386. The summed E-state index contributed by atoms with van der Waals surface area (Å²) in [6, 6.07) is 13.7. The molecule has 8 heteroatoms. The van der Waals surface area contributed by atoms with Crippen molar-refractivity contribution in [2.45, 2.75) is 27.3 Å². The normalized spacial score (nSPS) is 10.6. The van der Waals surface area contributed by atoms with Crippen LogP contribution in [-0.2, 0) is 6.54 Å². The fraction of sp³-hybridized carbons (Fsp3) is 0.190. The van der Waals surface area contributed by atoms with E-state index in [1.54, 1.807) is 67.1 Å². The molecule has 3 aromatic rings. The minimum atomic E-state index is -0.428. The number of hydrogen-bond donors (Lipinski definition) is 1. The standard InChI is InChI=1S/C21H20N4O4/c1-13-20(25(28)29)14(2)24(23-13)12-16-7-9-17(10-8-16)21(27)22-19-6-4-5-18(11-19)15(3)26/h4-11H,12H2,1-3H3,(H,22,27). The van der Waals surface area contributed by atoms with E-state index in [0.717, 1.165) is 5.56 Å². The third-order valence-electron chi connectivity index (χ3n) is 4.60. The van der Waals surface area contributed by atoms with E-state index in [1.807, 2.05) is 0 Å². The average Bonchev–Trinajstić information content (AvgIpc) is 2.95. The van der Waals surface area contributed by atoms with Crippen molar-refractivity contribution in [3.63, 3.8) is 0 Å². The lowest BCUT2D eigenvalue weighted by Gasteiger charge is -2.08. The molecule has 0 spiro atoms. The summed E-state index contributed by atoms with van der Waals surface area (Å²) in [6.07, 6.45) is 0. The molecule has 0 aliphatic carbocycles. The number of carbonyl (C=O) groups is 2. The van der Waals surface area contributed by atoms with Crippen LogP contribution in [0.1, 0.15) is 44.6 Å². The summed E-state index contributed by atoms with van der Waals surface area (Å²) in [5, 5.41) is 18.1. The average molecular weight is 392 g/mol. The Labute approximate surface area is 167 Å². The Hall–Kier alpha value is -3.81. The Morgan fingerprint density at radius 3 is 2.38 bits per heavy atom. The van der Waals surface area contributed by atoms with Crippen molar-refractivity contribution in [1.29, 1.82) is 0 Å². The first-order valence-corrected chi connectivity index (χ1v) is 8.96. The van der Waals surface area contributed by atoms with Gasteiger partial charge in [-0.3, -0.25) is 24.4 Å². The first-order valence-electron chi connectivity index (χ1n) is 8.96. The molecule has 0 aliphatic heterocycles. The summed E-state index contributed by atoms with van der Waals surface area (Å²) in [5.41, 5.74) is 3.27. The van der Waals surface area contributed by atoms with Gasteiger partial charge in [-0.25, -0.2) is 0 Å². The van der Waals surface area contributed by atoms with Crippen LogP contribution < -0.4 is 5.32 Å². The van der Waals surface area contributed by atoms with E-state index in [1.165, 1.54) is 6.92 Å². The molecule has 0 aliphatic rings. The summed E-state index contributed by atoms with van der Waals surface area (Å²) < 4.78 is 1.58. The molecule has 8 nitrogen and oxygen atoms in total. The molecule has 0 saturated heterocycles. The number of benzene rings is 2. The van der Waals surface area contributed by atoms with Crippen molar-refractivity contribution < 1.29 is 14.5 Å². The molecule has 0 fully saturated rings. The molecule has 0 atom stereocenters. The predicted molar refractivity (Wildman–Crippen MR) is 108 cm³/mol. The summed E-state index contributed by atoms with van der Waals surface area (Å²) in [7, 11) is 0. The number of ketones is 1. The minimum absolute atomic E-state index is 0.0220. The van der Waals surface area contributed by atoms with Crippen LogP contribution in [0.5, 0.6) is 0 Å². The van der Waals surface area contributed by atoms with Crippen molar-refractivity contribution in [1.82, 2.24) is 9.78 Å².